The van der Waals surface area contributed by atoms with E-state index in [9.17, 15) is 9.59 Å². The van der Waals surface area contributed by atoms with Crippen LogP contribution in [0, 0.1) is 0 Å². The fourth-order valence-corrected chi connectivity index (χ4v) is 3.29. The minimum Gasteiger partial charge on any atom is -0.470 e. The fourth-order valence-electron chi connectivity index (χ4n) is 3.10. The van der Waals surface area contributed by atoms with Crippen LogP contribution in [-0.2, 0) is 18.0 Å². The quantitative estimate of drug-likeness (QED) is 0.397. The third-order valence-corrected chi connectivity index (χ3v) is 5.02. The predicted octanol–water partition coefficient (Wildman–Crippen LogP) is 3.86. The maximum atomic E-state index is 12.6. The lowest BCUT2D eigenvalue weighted by Gasteiger charge is -2.07. The maximum absolute atomic E-state index is 12.6. The molecular weight excluding hydrogens is 446 g/mol. The molecule has 33 heavy (non-hydrogen) atoms. The summed E-state index contributed by atoms with van der Waals surface area (Å²) in [6.45, 7) is 0.448. The van der Waals surface area contributed by atoms with Crippen molar-refractivity contribution in [2.24, 2.45) is 0 Å². The van der Waals surface area contributed by atoms with E-state index in [0.29, 0.717) is 28.6 Å². The topological polar surface area (TPSA) is 100 Å². The zero-order valence-electron chi connectivity index (χ0n) is 17.6. The summed E-state index contributed by atoms with van der Waals surface area (Å²) in [5.41, 5.74) is 1.94. The van der Waals surface area contributed by atoms with Crippen molar-refractivity contribution in [3.05, 3.63) is 95.0 Å². The van der Waals surface area contributed by atoms with E-state index in [-0.39, 0.29) is 18.3 Å². The van der Waals surface area contributed by atoms with Crippen molar-refractivity contribution in [2.45, 2.75) is 13.3 Å². The summed E-state index contributed by atoms with van der Waals surface area (Å²) in [4.78, 5) is 24.5. The standard InChI is InChI=1S/C23H20ClN5O4/c1-32-23(31)18-7-3-2-6-16(18)13-29-14-17(12-25-29)26-22(30)20-10-11-28(27-20)15-33-21-9-5-4-8-19(21)24/h2-12,14H,13,15H2,1H3,(H,26,30). The van der Waals surface area contributed by atoms with E-state index in [4.69, 9.17) is 21.1 Å². The summed E-state index contributed by atoms with van der Waals surface area (Å²) in [6.07, 6.45) is 4.83. The molecule has 0 aliphatic rings. The largest absolute Gasteiger partial charge is 0.470 e. The molecule has 2 heterocycles. The Bertz CT molecular complexity index is 1280. The molecule has 2 aromatic heterocycles. The van der Waals surface area contributed by atoms with Gasteiger partial charge in [-0.05, 0) is 29.8 Å². The molecule has 1 amide bonds. The Hall–Kier alpha value is -4.11. The van der Waals surface area contributed by atoms with E-state index >= 15 is 0 Å². The van der Waals surface area contributed by atoms with Crippen molar-refractivity contribution in [2.75, 3.05) is 12.4 Å². The third-order valence-electron chi connectivity index (χ3n) is 4.71. The van der Waals surface area contributed by atoms with E-state index < -0.39 is 5.97 Å². The van der Waals surface area contributed by atoms with Crippen molar-refractivity contribution in [3.8, 4) is 5.75 Å². The number of nitrogens with zero attached hydrogens (tertiary/aromatic N) is 4. The average Bonchev–Trinajstić information content (AvgIpc) is 3.48. The van der Waals surface area contributed by atoms with E-state index in [2.05, 4.69) is 15.5 Å². The molecular formula is C23H20ClN5O4. The number of hydrogen-bond acceptors (Lipinski definition) is 6. The lowest BCUT2D eigenvalue weighted by Crippen LogP contribution is -2.14. The first-order valence-corrected chi connectivity index (χ1v) is 10.3. The average molecular weight is 466 g/mol. The first-order chi connectivity index (χ1) is 16.0. The number of aromatic nitrogens is 4. The van der Waals surface area contributed by atoms with Crippen LogP contribution in [-0.4, -0.2) is 38.5 Å². The minimum absolute atomic E-state index is 0.106. The first kappa shape index (κ1) is 22.1. The molecule has 0 spiro atoms. The molecule has 0 atom stereocenters. The van der Waals surface area contributed by atoms with Crippen LogP contribution in [0.15, 0.2) is 73.2 Å². The van der Waals surface area contributed by atoms with Crippen molar-refractivity contribution >= 4 is 29.2 Å². The number of anilines is 1. The zero-order chi connectivity index (χ0) is 23.2. The van der Waals surface area contributed by atoms with Gasteiger partial charge in [0.1, 0.15) is 5.75 Å². The van der Waals surface area contributed by atoms with E-state index in [1.54, 1.807) is 47.4 Å². The van der Waals surface area contributed by atoms with Gasteiger partial charge in [0, 0.05) is 12.4 Å². The van der Waals surface area contributed by atoms with Crippen molar-refractivity contribution in [3.63, 3.8) is 0 Å². The smallest absolute Gasteiger partial charge is 0.338 e. The van der Waals surface area contributed by atoms with Crippen LogP contribution in [0.25, 0.3) is 0 Å². The van der Waals surface area contributed by atoms with Crippen LogP contribution in [0.2, 0.25) is 5.02 Å². The van der Waals surface area contributed by atoms with Gasteiger partial charge in [0.25, 0.3) is 5.91 Å². The van der Waals surface area contributed by atoms with Crippen LogP contribution in [0.1, 0.15) is 26.4 Å². The van der Waals surface area contributed by atoms with Crippen LogP contribution in [0.3, 0.4) is 0 Å². The highest BCUT2D eigenvalue weighted by Crippen LogP contribution is 2.23. The third kappa shape index (κ3) is 5.39. The molecule has 9 nitrogen and oxygen atoms in total. The van der Waals surface area contributed by atoms with Gasteiger partial charge < -0.3 is 14.8 Å². The number of carbonyl (C=O) groups excluding carboxylic acids is 2. The van der Waals surface area contributed by atoms with Crippen LogP contribution in [0.5, 0.6) is 5.75 Å². The second-order valence-corrected chi connectivity index (χ2v) is 7.38. The van der Waals surface area contributed by atoms with Gasteiger partial charge in [-0.1, -0.05) is 41.9 Å². The predicted molar refractivity (Wildman–Crippen MR) is 121 cm³/mol. The summed E-state index contributed by atoms with van der Waals surface area (Å²) < 4.78 is 13.6. The van der Waals surface area contributed by atoms with E-state index in [1.165, 1.54) is 18.0 Å². The van der Waals surface area contributed by atoms with Crippen molar-refractivity contribution < 1.29 is 19.1 Å². The lowest BCUT2D eigenvalue weighted by molar-refractivity contribution is 0.0599. The number of amides is 1. The molecule has 2 aromatic carbocycles. The number of para-hydroxylation sites is 1. The molecule has 0 bridgehead atoms. The molecule has 0 aliphatic heterocycles. The Morgan fingerprint density at radius 2 is 1.85 bits per heavy atom. The second-order valence-electron chi connectivity index (χ2n) is 6.97. The minimum atomic E-state index is -0.416. The molecule has 0 aliphatic carbocycles. The molecule has 0 radical (unpaired) electrons. The zero-order valence-corrected chi connectivity index (χ0v) is 18.4. The number of carbonyl (C=O) groups is 2. The Morgan fingerprint density at radius 3 is 2.67 bits per heavy atom. The Kier molecular flexibility index (Phi) is 6.70. The molecule has 10 heteroatoms. The van der Waals surface area contributed by atoms with E-state index in [0.717, 1.165) is 5.56 Å². The van der Waals surface area contributed by atoms with E-state index in [1.807, 2.05) is 24.3 Å². The highest BCUT2D eigenvalue weighted by Gasteiger charge is 2.14. The van der Waals surface area contributed by atoms with Gasteiger partial charge in [0.15, 0.2) is 12.4 Å². The van der Waals surface area contributed by atoms with Crippen molar-refractivity contribution in [1.82, 2.24) is 19.6 Å². The highest BCUT2D eigenvalue weighted by molar-refractivity contribution is 6.32. The monoisotopic (exact) mass is 465 g/mol. The van der Waals surface area contributed by atoms with Gasteiger partial charge >= 0.3 is 5.97 Å². The normalized spacial score (nSPS) is 10.6. The number of ether oxygens (including phenoxy) is 2. The van der Waals surface area contributed by atoms with Crippen molar-refractivity contribution in [1.29, 1.82) is 0 Å². The molecule has 1 N–H and O–H groups in total. The second kappa shape index (κ2) is 10.0. The number of esters is 1. The number of hydrogen-bond donors (Lipinski definition) is 1. The van der Waals surface area contributed by atoms with Gasteiger partial charge in [-0.3, -0.25) is 9.48 Å². The number of benzene rings is 2. The van der Waals surface area contributed by atoms with Gasteiger partial charge in [-0.25, -0.2) is 9.48 Å². The Morgan fingerprint density at radius 1 is 1.06 bits per heavy atom. The van der Waals surface area contributed by atoms with Crippen LogP contribution >= 0.6 is 11.6 Å². The Balaban J connectivity index is 1.37. The fraction of sp³-hybridized carbons (Fsp3) is 0.130. The molecule has 4 rings (SSSR count). The van der Waals surface area contributed by atoms with Crippen LogP contribution in [0.4, 0.5) is 5.69 Å². The van der Waals surface area contributed by atoms with Crippen LogP contribution < -0.4 is 10.1 Å². The SMILES string of the molecule is COC(=O)c1ccccc1Cn1cc(NC(=O)c2ccn(COc3ccccc3Cl)n2)cn1. The van der Waals surface area contributed by atoms with Gasteiger partial charge in [-0.15, -0.1) is 0 Å². The number of methoxy groups -OCH3 is 1. The molecule has 4 aromatic rings. The summed E-state index contributed by atoms with van der Waals surface area (Å²) >= 11 is 6.07. The lowest BCUT2D eigenvalue weighted by atomic mass is 10.1. The number of rotatable bonds is 8. The summed E-state index contributed by atoms with van der Waals surface area (Å²) in [5.74, 6) is -0.275. The maximum Gasteiger partial charge on any atom is 0.338 e. The molecule has 0 unspecified atom stereocenters. The van der Waals surface area contributed by atoms with Gasteiger partial charge in [0.05, 0.1) is 36.1 Å². The number of halogens is 1. The molecule has 0 saturated carbocycles. The summed E-state index contributed by atoms with van der Waals surface area (Å²) in [6, 6.07) is 15.8. The molecule has 168 valence electrons. The molecule has 0 saturated heterocycles. The highest BCUT2D eigenvalue weighted by atomic mass is 35.5. The first-order valence-electron chi connectivity index (χ1n) is 9.94. The Labute approximate surface area is 194 Å². The molecule has 0 fully saturated rings. The summed E-state index contributed by atoms with van der Waals surface area (Å²) in [7, 11) is 1.34. The van der Waals surface area contributed by atoms with Gasteiger partial charge in [-0.2, -0.15) is 10.2 Å². The summed E-state index contributed by atoms with van der Waals surface area (Å²) in [5, 5.41) is 11.7. The van der Waals surface area contributed by atoms with Gasteiger partial charge in [0.2, 0.25) is 0 Å². The number of nitrogens with one attached hydrogen (secondary N) is 1.